The van der Waals surface area contributed by atoms with E-state index in [1.54, 1.807) is 53.4 Å². The second-order valence-electron chi connectivity index (χ2n) is 7.46. The molecule has 0 saturated carbocycles. The molecule has 2 amide bonds. The average molecular weight is 433 g/mol. The fraction of sp³-hybridized carbons (Fsp3) is 0.160. The molecule has 3 aromatic carbocycles. The van der Waals surface area contributed by atoms with Crippen molar-refractivity contribution in [2.75, 3.05) is 16.8 Å². The van der Waals surface area contributed by atoms with Crippen LogP contribution in [0, 0.1) is 6.92 Å². The number of nitrogens with one attached hydrogen (secondary N) is 1. The van der Waals surface area contributed by atoms with Crippen LogP contribution in [0.15, 0.2) is 66.7 Å². The third kappa shape index (κ3) is 4.23. The van der Waals surface area contributed by atoms with Crippen LogP contribution in [0.4, 0.5) is 11.4 Å². The van der Waals surface area contributed by atoms with Crippen LogP contribution in [0.25, 0.3) is 0 Å². The van der Waals surface area contributed by atoms with E-state index >= 15 is 0 Å². The second kappa shape index (κ2) is 8.74. The van der Waals surface area contributed by atoms with E-state index in [4.69, 9.17) is 11.6 Å². The molecule has 1 aliphatic rings. The van der Waals surface area contributed by atoms with E-state index in [1.807, 2.05) is 25.1 Å². The van der Waals surface area contributed by atoms with E-state index in [0.717, 1.165) is 5.56 Å². The molecular weight excluding hydrogens is 412 g/mol. The Kier molecular flexibility index (Phi) is 5.87. The standard InChI is InChI=1S/C25H21ClN2O3/c1-16-7-2-3-8-18(16)24(30)27-17-12-13-19(21(26)15-17)25(31)28-14-6-11-23(29)20-9-4-5-10-22(20)28/h2-5,7-10,12-13,15H,6,11,14H2,1H3,(H,27,30). The summed E-state index contributed by atoms with van der Waals surface area (Å²) in [5.74, 6) is -0.483. The number of rotatable bonds is 3. The molecule has 1 heterocycles. The Bertz CT molecular complexity index is 1190. The zero-order valence-corrected chi connectivity index (χ0v) is 17.8. The van der Waals surface area contributed by atoms with Crippen molar-refractivity contribution in [3.8, 4) is 0 Å². The molecule has 0 fully saturated rings. The first-order valence-corrected chi connectivity index (χ1v) is 10.4. The topological polar surface area (TPSA) is 66.5 Å². The van der Waals surface area contributed by atoms with Crippen molar-refractivity contribution in [1.82, 2.24) is 0 Å². The molecule has 0 radical (unpaired) electrons. The van der Waals surface area contributed by atoms with Gasteiger partial charge >= 0.3 is 0 Å². The Labute approximate surface area is 185 Å². The Balaban J connectivity index is 1.59. The van der Waals surface area contributed by atoms with Crippen LogP contribution in [-0.2, 0) is 0 Å². The van der Waals surface area contributed by atoms with Crippen LogP contribution in [0.1, 0.15) is 49.5 Å². The molecule has 0 unspecified atom stereocenters. The summed E-state index contributed by atoms with van der Waals surface area (Å²) in [5, 5.41) is 3.06. The van der Waals surface area contributed by atoms with Gasteiger partial charge < -0.3 is 10.2 Å². The van der Waals surface area contributed by atoms with Gasteiger partial charge in [-0.3, -0.25) is 14.4 Å². The molecule has 0 saturated heterocycles. The van der Waals surface area contributed by atoms with E-state index in [9.17, 15) is 14.4 Å². The highest BCUT2D eigenvalue weighted by atomic mass is 35.5. The number of carbonyl (C=O) groups is 3. The Morgan fingerprint density at radius 1 is 0.968 bits per heavy atom. The summed E-state index contributed by atoms with van der Waals surface area (Å²) in [6.45, 7) is 2.30. The van der Waals surface area contributed by atoms with Gasteiger partial charge in [-0.1, -0.05) is 41.9 Å². The van der Waals surface area contributed by atoms with Crippen molar-refractivity contribution in [3.05, 3.63) is 94.0 Å². The lowest BCUT2D eigenvalue weighted by Gasteiger charge is -2.23. The zero-order valence-electron chi connectivity index (χ0n) is 17.0. The lowest BCUT2D eigenvalue weighted by atomic mass is 10.1. The van der Waals surface area contributed by atoms with Crippen molar-refractivity contribution in [3.63, 3.8) is 0 Å². The number of halogens is 1. The molecule has 0 bridgehead atoms. The van der Waals surface area contributed by atoms with Crippen LogP contribution in [0.3, 0.4) is 0 Å². The molecule has 0 atom stereocenters. The van der Waals surface area contributed by atoms with Crippen molar-refractivity contribution in [2.45, 2.75) is 19.8 Å². The maximum atomic E-state index is 13.3. The van der Waals surface area contributed by atoms with E-state index in [2.05, 4.69) is 5.32 Å². The highest BCUT2D eigenvalue weighted by molar-refractivity contribution is 6.35. The molecule has 156 valence electrons. The van der Waals surface area contributed by atoms with Gasteiger partial charge in [0.25, 0.3) is 11.8 Å². The molecule has 0 aliphatic carbocycles. The fourth-order valence-corrected chi connectivity index (χ4v) is 4.01. The van der Waals surface area contributed by atoms with Crippen LogP contribution in [0.5, 0.6) is 0 Å². The van der Waals surface area contributed by atoms with E-state index in [-0.39, 0.29) is 22.6 Å². The van der Waals surface area contributed by atoms with E-state index in [0.29, 0.717) is 47.5 Å². The molecule has 31 heavy (non-hydrogen) atoms. The first-order valence-electron chi connectivity index (χ1n) is 10.1. The van der Waals surface area contributed by atoms with Crippen LogP contribution in [-0.4, -0.2) is 24.1 Å². The molecule has 4 rings (SSSR count). The first-order chi connectivity index (χ1) is 15.0. The number of aryl methyl sites for hydroxylation is 1. The quantitative estimate of drug-likeness (QED) is 0.592. The van der Waals surface area contributed by atoms with Crippen LogP contribution < -0.4 is 10.2 Å². The number of hydrogen-bond donors (Lipinski definition) is 1. The predicted molar refractivity (Wildman–Crippen MR) is 122 cm³/mol. The maximum Gasteiger partial charge on any atom is 0.259 e. The van der Waals surface area contributed by atoms with Gasteiger partial charge in [-0.2, -0.15) is 0 Å². The molecular formula is C25H21ClN2O3. The number of anilines is 2. The Morgan fingerprint density at radius 2 is 1.71 bits per heavy atom. The number of Topliss-reactive ketones (excluding diaryl/α,β-unsaturated/α-hetero) is 1. The van der Waals surface area contributed by atoms with Crippen molar-refractivity contribution in [1.29, 1.82) is 0 Å². The normalized spacial score (nSPS) is 13.4. The highest BCUT2D eigenvalue weighted by Gasteiger charge is 2.27. The molecule has 3 aromatic rings. The molecule has 5 nitrogen and oxygen atoms in total. The monoisotopic (exact) mass is 432 g/mol. The lowest BCUT2D eigenvalue weighted by Crippen LogP contribution is -2.32. The minimum absolute atomic E-state index is 0.0336. The van der Waals surface area contributed by atoms with Gasteiger partial charge in [0, 0.05) is 29.8 Å². The van der Waals surface area contributed by atoms with E-state index in [1.165, 1.54) is 0 Å². The zero-order chi connectivity index (χ0) is 22.0. The molecule has 1 N–H and O–H groups in total. The van der Waals surface area contributed by atoms with E-state index < -0.39 is 0 Å². The Hall–Kier alpha value is -3.44. The SMILES string of the molecule is Cc1ccccc1C(=O)Nc1ccc(C(=O)N2CCCC(=O)c3ccccc32)c(Cl)c1. The van der Waals surface area contributed by atoms with Gasteiger partial charge in [0.2, 0.25) is 0 Å². The van der Waals surface area contributed by atoms with Crippen molar-refractivity contribution in [2.24, 2.45) is 0 Å². The number of ketones is 1. The van der Waals surface area contributed by atoms with Gasteiger partial charge in [0.15, 0.2) is 5.78 Å². The second-order valence-corrected chi connectivity index (χ2v) is 7.87. The summed E-state index contributed by atoms with van der Waals surface area (Å²) in [6.07, 6.45) is 0.986. The third-order valence-electron chi connectivity index (χ3n) is 5.37. The smallest absolute Gasteiger partial charge is 0.259 e. The summed E-state index contributed by atoms with van der Waals surface area (Å²) in [4.78, 5) is 39.8. The maximum absolute atomic E-state index is 13.3. The highest BCUT2D eigenvalue weighted by Crippen LogP contribution is 2.30. The largest absolute Gasteiger partial charge is 0.322 e. The summed E-state index contributed by atoms with van der Waals surface area (Å²) >= 11 is 6.44. The summed E-state index contributed by atoms with van der Waals surface area (Å²) in [6, 6.07) is 19.3. The average Bonchev–Trinajstić information content (AvgIpc) is 2.93. The van der Waals surface area contributed by atoms with Crippen LogP contribution in [0.2, 0.25) is 5.02 Å². The van der Waals surface area contributed by atoms with Crippen LogP contribution >= 0.6 is 11.6 Å². The molecule has 1 aliphatic heterocycles. The number of nitrogens with zero attached hydrogens (tertiary/aromatic N) is 1. The minimum atomic E-state index is -0.274. The predicted octanol–water partition coefficient (Wildman–Crippen LogP) is 5.52. The summed E-state index contributed by atoms with van der Waals surface area (Å²) in [7, 11) is 0. The van der Waals surface area contributed by atoms with Gasteiger partial charge in [0.05, 0.1) is 16.3 Å². The number of para-hydroxylation sites is 1. The number of hydrogen-bond acceptors (Lipinski definition) is 3. The molecule has 6 heteroatoms. The first kappa shape index (κ1) is 20.8. The van der Waals surface area contributed by atoms with Crippen molar-refractivity contribution < 1.29 is 14.4 Å². The van der Waals surface area contributed by atoms with Gasteiger partial charge in [0.1, 0.15) is 0 Å². The number of fused-ring (bicyclic) bond motifs is 1. The number of benzene rings is 3. The minimum Gasteiger partial charge on any atom is -0.322 e. The fourth-order valence-electron chi connectivity index (χ4n) is 3.75. The molecule has 0 aromatic heterocycles. The lowest BCUT2D eigenvalue weighted by molar-refractivity contribution is 0.0973. The number of carbonyl (C=O) groups excluding carboxylic acids is 3. The van der Waals surface area contributed by atoms with Crippen molar-refractivity contribution >= 4 is 40.6 Å². The summed E-state index contributed by atoms with van der Waals surface area (Å²) < 4.78 is 0. The summed E-state index contributed by atoms with van der Waals surface area (Å²) in [5.41, 5.74) is 3.41. The van der Waals surface area contributed by atoms with Gasteiger partial charge in [-0.15, -0.1) is 0 Å². The Morgan fingerprint density at radius 3 is 2.48 bits per heavy atom. The number of amides is 2. The molecule has 0 spiro atoms. The third-order valence-corrected chi connectivity index (χ3v) is 5.69. The van der Waals surface area contributed by atoms with Gasteiger partial charge in [-0.25, -0.2) is 0 Å². The van der Waals surface area contributed by atoms with Gasteiger partial charge in [-0.05, 0) is 55.3 Å².